The van der Waals surface area contributed by atoms with Crippen LogP contribution in [0.25, 0.3) is 0 Å². The smallest absolute Gasteiger partial charge is 0.269 e. The molecule has 1 aromatic rings. The van der Waals surface area contributed by atoms with Gasteiger partial charge in [0.2, 0.25) is 0 Å². The molecule has 1 aliphatic rings. The zero-order chi connectivity index (χ0) is 11.0. The lowest BCUT2D eigenvalue weighted by atomic mass is 10.0. The Morgan fingerprint density at radius 1 is 1.67 bits per heavy atom. The predicted molar refractivity (Wildman–Crippen MR) is 57.8 cm³/mol. The van der Waals surface area contributed by atoms with Crippen molar-refractivity contribution in [2.45, 2.75) is 45.6 Å². The number of carbonyl (C=O) groups excluding carboxylic acids is 1. The Kier molecular flexibility index (Phi) is 2.50. The van der Waals surface area contributed by atoms with Gasteiger partial charge in [0.1, 0.15) is 11.5 Å². The fourth-order valence-corrected chi connectivity index (χ4v) is 2.42. The van der Waals surface area contributed by atoms with Crippen LogP contribution in [-0.2, 0) is 12.8 Å². The van der Waals surface area contributed by atoms with E-state index in [-0.39, 0.29) is 0 Å². The van der Waals surface area contributed by atoms with E-state index in [1.165, 1.54) is 0 Å². The highest BCUT2D eigenvalue weighted by Crippen LogP contribution is 2.28. The average Bonchev–Trinajstić information content (AvgIpc) is 2.58. The minimum absolute atomic E-state index is 0.396. The first-order valence-electron chi connectivity index (χ1n) is 5.55. The van der Waals surface area contributed by atoms with Crippen molar-refractivity contribution < 1.29 is 4.79 Å². The molecular weight excluding hydrogens is 190 g/mol. The molecule has 0 bridgehead atoms. The Hall–Kier alpha value is -1.32. The summed E-state index contributed by atoms with van der Waals surface area (Å²) in [5.41, 5.74) is 6.86. The van der Waals surface area contributed by atoms with Crippen LogP contribution in [0, 0.1) is 0 Å². The van der Waals surface area contributed by atoms with Crippen LogP contribution < -0.4 is 5.73 Å². The van der Waals surface area contributed by atoms with Gasteiger partial charge in [-0.3, -0.25) is 4.79 Å². The lowest BCUT2D eigenvalue weighted by molar-refractivity contribution is 0.0994. The van der Waals surface area contributed by atoms with Crippen molar-refractivity contribution >= 4 is 5.91 Å². The number of imidazole rings is 1. The molecular formula is C11H17N3O. The van der Waals surface area contributed by atoms with Crippen LogP contribution in [0.1, 0.15) is 54.7 Å². The number of rotatable bonds is 2. The lowest BCUT2D eigenvalue weighted by Crippen LogP contribution is -2.20. The highest BCUT2D eigenvalue weighted by molar-refractivity contribution is 5.92. The second kappa shape index (κ2) is 3.68. The number of nitrogens with two attached hydrogens (primary N) is 1. The average molecular weight is 207 g/mol. The highest BCUT2D eigenvalue weighted by Gasteiger charge is 2.25. The zero-order valence-electron chi connectivity index (χ0n) is 9.29. The first-order chi connectivity index (χ1) is 7.15. The summed E-state index contributed by atoms with van der Waals surface area (Å²) in [4.78, 5) is 15.6. The minimum atomic E-state index is -0.396. The summed E-state index contributed by atoms with van der Waals surface area (Å²) in [6, 6.07) is 0.448. The minimum Gasteiger partial charge on any atom is -0.364 e. The maximum absolute atomic E-state index is 11.3. The van der Waals surface area contributed by atoms with E-state index in [0.717, 1.165) is 37.2 Å². The summed E-state index contributed by atoms with van der Waals surface area (Å²) in [5.74, 6) is 0.596. The number of aryl methyl sites for hydroxylation is 1. The molecule has 0 spiro atoms. The van der Waals surface area contributed by atoms with Crippen molar-refractivity contribution in [3.63, 3.8) is 0 Å². The standard InChI is InChI=1S/C11H17N3O/c1-3-9-13-10(11(12)15)8-6-4-5-7(2)14(8)9/h7H,3-6H2,1-2H3,(H2,12,15). The highest BCUT2D eigenvalue weighted by atomic mass is 16.1. The molecule has 2 N–H and O–H groups in total. The third-order valence-electron chi connectivity index (χ3n) is 3.11. The van der Waals surface area contributed by atoms with Crippen molar-refractivity contribution in [1.29, 1.82) is 0 Å². The van der Waals surface area contributed by atoms with Crippen LogP contribution in [0.3, 0.4) is 0 Å². The lowest BCUT2D eigenvalue weighted by Gasteiger charge is -2.24. The molecule has 0 radical (unpaired) electrons. The first-order valence-corrected chi connectivity index (χ1v) is 5.55. The van der Waals surface area contributed by atoms with E-state index in [9.17, 15) is 4.79 Å². The summed E-state index contributed by atoms with van der Waals surface area (Å²) in [7, 11) is 0. The molecule has 1 aliphatic heterocycles. The van der Waals surface area contributed by atoms with Crippen molar-refractivity contribution in [3.05, 3.63) is 17.2 Å². The second-order valence-electron chi connectivity index (χ2n) is 4.15. The SMILES string of the molecule is CCc1nc(C(N)=O)c2n1C(C)CCC2. The Balaban J connectivity index is 2.57. The largest absolute Gasteiger partial charge is 0.364 e. The van der Waals surface area contributed by atoms with E-state index >= 15 is 0 Å². The van der Waals surface area contributed by atoms with E-state index in [1.54, 1.807) is 0 Å². The number of hydrogen-bond acceptors (Lipinski definition) is 2. The number of aromatic nitrogens is 2. The quantitative estimate of drug-likeness (QED) is 0.797. The molecule has 15 heavy (non-hydrogen) atoms. The Labute approximate surface area is 89.5 Å². The van der Waals surface area contributed by atoms with Gasteiger partial charge in [-0.2, -0.15) is 0 Å². The number of hydrogen-bond donors (Lipinski definition) is 1. The summed E-state index contributed by atoms with van der Waals surface area (Å²) in [5, 5.41) is 0. The predicted octanol–water partition coefficient (Wildman–Crippen LogP) is 1.44. The molecule has 2 rings (SSSR count). The van der Waals surface area contributed by atoms with Gasteiger partial charge in [-0.1, -0.05) is 6.92 Å². The van der Waals surface area contributed by atoms with Gasteiger partial charge in [0.25, 0.3) is 5.91 Å². The maximum atomic E-state index is 11.3. The molecule has 1 unspecified atom stereocenters. The van der Waals surface area contributed by atoms with Crippen molar-refractivity contribution in [2.24, 2.45) is 5.73 Å². The van der Waals surface area contributed by atoms with Crippen molar-refractivity contribution in [1.82, 2.24) is 9.55 Å². The molecule has 2 heterocycles. The van der Waals surface area contributed by atoms with Crippen LogP contribution >= 0.6 is 0 Å². The molecule has 1 amide bonds. The summed E-state index contributed by atoms with van der Waals surface area (Å²) < 4.78 is 2.20. The monoisotopic (exact) mass is 207 g/mol. The van der Waals surface area contributed by atoms with Crippen LogP contribution in [0.4, 0.5) is 0 Å². The molecule has 0 saturated heterocycles. The Bertz CT molecular complexity index is 395. The Morgan fingerprint density at radius 2 is 2.40 bits per heavy atom. The van der Waals surface area contributed by atoms with Gasteiger partial charge in [-0.25, -0.2) is 4.98 Å². The van der Waals surface area contributed by atoms with Gasteiger partial charge < -0.3 is 10.3 Å². The van der Waals surface area contributed by atoms with E-state index in [1.807, 2.05) is 0 Å². The van der Waals surface area contributed by atoms with E-state index in [4.69, 9.17) is 5.73 Å². The van der Waals surface area contributed by atoms with Gasteiger partial charge >= 0.3 is 0 Å². The number of amides is 1. The fraction of sp³-hybridized carbons (Fsp3) is 0.636. The topological polar surface area (TPSA) is 60.9 Å². The molecule has 0 saturated carbocycles. The van der Waals surface area contributed by atoms with Crippen LogP contribution in [0.2, 0.25) is 0 Å². The number of nitrogens with zero attached hydrogens (tertiary/aromatic N) is 2. The molecule has 4 nitrogen and oxygen atoms in total. The normalized spacial score (nSPS) is 20.0. The summed E-state index contributed by atoms with van der Waals surface area (Å²) in [6.45, 7) is 4.23. The number of primary amides is 1. The molecule has 0 aliphatic carbocycles. The van der Waals surface area contributed by atoms with Crippen LogP contribution in [0.15, 0.2) is 0 Å². The fourth-order valence-electron chi connectivity index (χ4n) is 2.42. The van der Waals surface area contributed by atoms with E-state index in [2.05, 4.69) is 23.4 Å². The Morgan fingerprint density at radius 3 is 3.00 bits per heavy atom. The molecule has 0 aromatic carbocycles. The van der Waals surface area contributed by atoms with Gasteiger partial charge in [0.05, 0.1) is 5.69 Å². The van der Waals surface area contributed by atoms with E-state index in [0.29, 0.717) is 11.7 Å². The molecule has 4 heteroatoms. The molecule has 1 aromatic heterocycles. The van der Waals surface area contributed by atoms with Gasteiger partial charge in [-0.15, -0.1) is 0 Å². The third kappa shape index (κ3) is 1.54. The van der Waals surface area contributed by atoms with Gasteiger partial charge in [0.15, 0.2) is 0 Å². The van der Waals surface area contributed by atoms with Crippen molar-refractivity contribution in [3.8, 4) is 0 Å². The molecule has 82 valence electrons. The van der Waals surface area contributed by atoms with Crippen LogP contribution in [0.5, 0.6) is 0 Å². The zero-order valence-corrected chi connectivity index (χ0v) is 9.29. The van der Waals surface area contributed by atoms with Crippen LogP contribution in [-0.4, -0.2) is 15.5 Å². The number of carbonyl (C=O) groups is 1. The molecule has 1 atom stereocenters. The summed E-state index contributed by atoms with van der Waals surface area (Å²) in [6.07, 6.45) is 4.06. The second-order valence-corrected chi connectivity index (χ2v) is 4.15. The first kappa shape index (κ1) is 10.2. The third-order valence-corrected chi connectivity index (χ3v) is 3.11. The van der Waals surface area contributed by atoms with Gasteiger partial charge in [-0.05, 0) is 26.2 Å². The van der Waals surface area contributed by atoms with E-state index < -0.39 is 5.91 Å². The summed E-state index contributed by atoms with van der Waals surface area (Å²) >= 11 is 0. The molecule has 0 fully saturated rings. The maximum Gasteiger partial charge on any atom is 0.269 e. The van der Waals surface area contributed by atoms with Gasteiger partial charge in [0, 0.05) is 12.5 Å². The number of fused-ring (bicyclic) bond motifs is 1. The van der Waals surface area contributed by atoms with Crippen molar-refractivity contribution in [2.75, 3.05) is 0 Å².